The summed E-state index contributed by atoms with van der Waals surface area (Å²) >= 11 is 0. The Morgan fingerprint density at radius 2 is 0.824 bits per heavy atom. The monoisotopic (exact) mass is 865 g/mol. The molecule has 0 aliphatic carbocycles. The standard InChI is InChI=1S/C61H35N7/c62-36-39-9-7-11-45(31-39)56-35-55(65-61(66-56)46-12-8-10-40(32-46)37-63)43-21-19-41(20-22-43)44-25-29-50(47(33-44)38-64)42-23-26-48(27-24-42)67-59-18-6-3-15-53(59)54-34-49(28-30-60(54)67)68-57-16-4-1-13-51(57)52-14-2-5-17-58(52)68/h1-35H. The van der Waals surface area contributed by atoms with Gasteiger partial charge in [-0.1, -0.05) is 127 Å². The fourth-order valence-electron chi connectivity index (χ4n) is 9.62. The number of hydrogen-bond acceptors (Lipinski definition) is 5. The highest BCUT2D eigenvalue weighted by molar-refractivity contribution is 6.12. The summed E-state index contributed by atoms with van der Waals surface area (Å²) in [5.41, 5.74) is 15.8. The summed E-state index contributed by atoms with van der Waals surface area (Å²) in [6.45, 7) is 0. The van der Waals surface area contributed by atoms with Crippen LogP contribution in [0.4, 0.5) is 0 Å². The number of para-hydroxylation sites is 3. The lowest BCUT2D eigenvalue weighted by Gasteiger charge is -2.12. The van der Waals surface area contributed by atoms with Crippen LogP contribution in [0.25, 0.3) is 111 Å². The van der Waals surface area contributed by atoms with E-state index in [1.54, 1.807) is 18.2 Å². The smallest absolute Gasteiger partial charge is 0.160 e. The summed E-state index contributed by atoms with van der Waals surface area (Å²) < 4.78 is 4.69. The predicted octanol–water partition coefficient (Wildman–Crippen LogP) is 14.6. The van der Waals surface area contributed by atoms with Crippen LogP contribution in [0.2, 0.25) is 0 Å². The predicted molar refractivity (Wildman–Crippen MR) is 272 cm³/mol. The molecular weight excluding hydrogens is 831 g/mol. The zero-order valence-corrected chi connectivity index (χ0v) is 36.3. The Balaban J connectivity index is 0.862. The molecule has 7 nitrogen and oxygen atoms in total. The number of nitriles is 3. The largest absolute Gasteiger partial charge is 0.309 e. The molecule has 12 rings (SSSR count). The third kappa shape index (κ3) is 6.74. The van der Waals surface area contributed by atoms with Crippen molar-refractivity contribution in [2.75, 3.05) is 0 Å². The molecule has 3 aromatic heterocycles. The topological polar surface area (TPSA) is 107 Å². The summed E-state index contributed by atoms with van der Waals surface area (Å²) in [5, 5.41) is 34.5. The Kier molecular flexibility index (Phi) is 9.51. The summed E-state index contributed by atoms with van der Waals surface area (Å²) in [5.74, 6) is 0.475. The third-order valence-electron chi connectivity index (χ3n) is 12.8. The van der Waals surface area contributed by atoms with Gasteiger partial charge in [-0.3, -0.25) is 0 Å². The van der Waals surface area contributed by atoms with E-state index in [0.29, 0.717) is 33.9 Å². The number of fused-ring (bicyclic) bond motifs is 6. The van der Waals surface area contributed by atoms with Crippen LogP contribution in [0.1, 0.15) is 16.7 Å². The van der Waals surface area contributed by atoms with Gasteiger partial charge in [-0.15, -0.1) is 0 Å². The first kappa shape index (κ1) is 39.7. The molecule has 0 N–H and O–H groups in total. The number of aromatic nitrogens is 4. The van der Waals surface area contributed by atoms with Crippen molar-refractivity contribution < 1.29 is 0 Å². The zero-order chi connectivity index (χ0) is 45.7. The van der Waals surface area contributed by atoms with E-state index >= 15 is 0 Å². The van der Waals surface area contributed by atoms with Crippen LogP contribution in [0, 0.1) is 34.0 Å². The van der Waals surface area contributed by atoms with Crippen LogP contribution in [0.3, 0.4) is 0 Å². The Morgan fingerprint density at radius 1 is 0.324 bits per heavy atom. The van der Waals surface area contributed by atoms with Gasteiger partial charge in [0.1, 0.15) is 0 Å². The first-order valence-corrected chi connectivity index (χ1v) is 22.2. The summed E-state index contributed by atoms with van der Waals surface area (Å²) in [7, 11) is 0. The van der Waals surface area contributed by atoms with Gasteiger partial charge in [0.2, 0.25) is 0 Å². The highest BCUT2D eigenvalue weighted by Crippen LogP contribution is 2.38. The lowest BCUT2D eigenvalue weighted by molar-refractivity contribution is 1.17. The second-order valence-electron chi connectivity index (χ2n) is 16.8. The normalized spacial score (nSPS) is 11.2. The average molecular weight is 866 g/mol. The molecular formula is C61H35N7. The average Bonchev–Trinajstić information content (AvgIpc) is 3.93. The SMILES string of the molecule is N#Cc1cccc(-c2cc(-c3ccc(-c4ccc(-c5ccc(-n6c7ccccc7c7cc(-n8c9ccccc9c9ccccc98)ccc76)cc5)c(C#N)c4)cc3)nc(-c3cccc(C#N)c3)n2)c1. The molecule has 0 amide bonds. The molecule has 0 unspecified atom stereocenters. The Morgan fingerprint density at radius 3 is 1.46 bits per heavy atom. The number of benzene rings is 9. The van der Waals surface area contributed by atoms with Crippen LogP contribution in [-0.2, 0) is 0 Å². The van der Waals surface area contributed by atoms with Gasteiger partial charge >= 0.3 is 0 Å². The van der Waals surface area contributed by atoms with Crippen LogP contribution in [0.5, 0.6) is 0 Å². The van der Waals surface area contributed by atoms with Crippen LogP contribution in [-0.4, -0.2) is 19.1 Å². The van der Waals surface area contributed by atoms with Crippen molar-refractivity contribution in [3.8, 4) is 85.7 Å². The van der Waals surface area contributed by atoms with Crippen molar-refractivity contribution in [1.82, 2.24) is 19.1 Å². The molecule has 0 spiro atoms. The van der Waals surface area contributed by atoms with E-state index in [9.17, 15) is 15.8 Å². The van der Waals surface area contributed by atoms with E-state index in [4.69, 9.17) is 9.97 Å². The second kappa shape index (κ2) is 16.3. The van der Waals surface area contributed by atoms with E-state index in [-0.39, 0.29) is 0 Å². The highest BCUT2D eigenvalue weighted by atomic mass is 15.0. The van der Waals surface area contributed by atoms with E-state index in [2.05, 4.69) is 149 Å². The minimum Gasteiger partial charge on any atom is -0.309 e. The van der Waals surface area contributed by atoms with Crippen molar-refractivity contribution in [3.05, 3.63) is 229 Å². The molecule has 0 aliphatic heterocycles. The quantitative estimate of drug-likeness (QED) is 0.159. The van der Waals surface area contributed by atoms with Crippen molar-refractivity contribution in [2.24, 2.45) is 0 Å². The molecule has 0 saturated carbocycles. The molecule has 0 atom stereocenters. The molecule has 68 heavy (non-hydrogen) atoms. The van der Waals surface area contributed by atoms with Crippen molar-refractivity contribution >= 4 is 43.6 Å². The van der Waals surface area contributed by atoms with Crippen molar-refractivity contribution in [2.45, 2.75) is 0 Å². The van der Waals surface area contributed by atoms with E-state index in [1.165, 1.54) is 32.6 Å². The van der Waals surface area contributed by atoms with Gasteiger partial charge in [-0.05, 0) is 107 Å². The van der Waals surface area contributed by atoms with Gasteiger partial charge in [0.25, 0.3) is 0 Å². The minimum atomic E-state index is 0.475. The third-order valence-corrected chi connectivity index (χ3v) is 12.8. The molecule has 0 fully saturated rings. The maximum absolute atomic E-state index is 10.5. The molecule has 3 heterocycles. The molecule has 7 heteroatoms. The van der Waals surface area contributed by atoms with Gasteiger partial charge in [0, 0.05) is 49.6 Å². The molecule has 9 aromatic carbocycles. The second-order valence-corrected chi connectivity index (χ2v) is 16.8. The summed E-state index contributed by atoms with van der Waals surface area (Å²) in [6.07, 6.45) is 0. The first-order chi connectivity index (χ1) is 33.5. The van der Waals surface area contributed by atoms with E-state index in [0.717, 1.165) is 61.4 Å². The van der Waals surface area contributed by atoms with E-state index in [1.807, 2.05) is 72.8 Å². The maximum Gasteiger partial charge on any atom is 0.160 e. The Bertz CT molecular complexity index is 3990. The Labute approximate surface area is 391 Å². The van der Waals surface area contributed by atoms with Crippen LogP contribution >= 0.6 is 0 Å². The van der Waals surface area contributed by atoms with Crippen molar-refractivity contribution in [1.29, 1.82) is 15.8 Å². The minimum absolute atomic E-state index is 0.475. The maximum atomic E-state index is 10.5. The van der Waals surface area contributed by atoms with Crippen molar-refractivity contribution in [3.63, 3.8) is 0 Å². The zero-order valence-electron chi connectivity index (χ0n) is 36.3. The summed E-state index contributed by atoms with van der Waals surface area (Å²) in [4.78, 5) is 9.82. The summed E-state index contributed by atoms with van der Waals surface area (Å²) in [6, 6.07) is 78.5. The molecule has 314 valence electrons. The van der Waals surface area contributed by atoms with Gasteiger partial charge in [0.05, 0.1) is 68.4 Å². The van der Waals surface area contributed by atoms with Gasteiger partial charge in [0.15, 0.2) is 5.82 Å². The molecule has 12 aromatic rings. The molecule has 0 bridgehead atoms. The van der Waals surface area contributed by atoms with Gasteiger partial charge in [-0.2, -0.15) is 15.8 Å². The van der Waals surface area contributed by atoms with E-state index < -0.39 is 0 Å². The fraction of sp³-hybridized carbons (Fsp3) is 0. The van der Waals surface area contributed by atoms with Crippen LogP contribution in [0.15, 0.2) is 212 Å². The molecule has 0 radical (unpaired) electrons. The Hall–Kier alpha value is -9.87. The molecule has 0 saturated heterocycles. The fourth-order valence-corrected chi connectivity index (χ4v) is 9.62. The number of rotatable bonds is 7. The van der Waals surface area contributed by atoms with Gasteiger partial charge < -0.3 is 9.13 Å². The van der Waals surface area contributed by atoms with Gasteiger partial charge in [-0.25, -0.2) is 9.97 Å². The molecule has 0 aliphatic rings. The number of nitrogens with zero attached hydrogens (tertiary/aromatic N) is 7. The number of hydrogen-bond donors (Lipinski definition) is 0. The lowest BCUT2D eigenvalue weighted by Crippen LogP contribution is -1.96. The first-order valence-electron chi connectivity index (χ1n) is 22.2. The lowest BCUT2D eigenvalue weighted by atomic mass is 9.94. The highest BCUT2D eigenvalue weighted by Gasteiger charge is 2.18. The van der Waals surface area contributed by atoms with Crippen LogP contribution < -0.4 is 0 Å².